The van der Waals surface area contributed by atoms with Crippen LogP contribution in [0.25, 0.3) is 22.0 Å². The maximum atomic E-state index is 13.9. The minimum atomic E-state index is -0.931. The molecule has 4 aromatic rings. The number of hydrogen-bond acceptors (Lipinski definition) is 7. The Bertz CT molecular complexity index is 1540. The van der Waals surface area contributed by atoms with Gasteiger partial charge in [0, 0.05) is 11.5 Å². The molecule has 10 heteroatoms. The Kier molecular flexibility index (Phi) is 6.78. The van der Waals surface area contributed by atoms with E-state index in [-0.39, 0.29) is 12.0 Å². The van der Waals surface area contributed by atoms with Crippen LogP contribution in [0.2, 0.25) is 0 Å². The first-order valence-corrected chi connectivity index (χ1v) is 11.7. The van der Waals surface area contributed by atoms with E-state index in [1.807, 2.05) is 0 Å². The molecule has 3 aromatic carbocycles. The minimum absolute atomic E-state index is 0.144. The lowest BCUT2D eigenvalue weighted by Gasteiger charge is -2.38. The maximum absolute atomic E-state index is 13.9. The van der Waals surface area contributed by atoms with Crippen LogP contribution in [0.15, 0.2) is 67.5 Å². The molecule has 194 valence electrons. The summed E-state index contributed by atoms with van der Waals surface area (Å²) in [6.45, 7) is 4.39. The van der Waals surface area contributed by atoms with E-state index in [4.69, 9.17) is 14.2 Å². The molecule has 8 nitrogen and oxygen atoms in total. The average Bonchev–Trinajstić information content (AvgIpc) is 2.91. The quantitative estimate of drug-likeness (QED) is 0.325. The number of halogens is 2. The van der Waals surface area contributed by atoms with Crippen molar-refractivity contribution in [1.29, 1.82) is 0 Å². The number of methoxy groups -OCH3 is 2. The van der Waals surface area contributed by atoms with Crippen molar-refractivity contribution in [2.45, 2.75) is 6.10 Å². The summed E-state index contributed by atoms with van der Waals surface area (Å²) in [6, 6.07) is 12.5. The SMILES string of the molecule is C=CC(=O)N1CC(Oc2cc3c(Nc4cc(-c5ccc(F)c(F)c5)ccc4OC)ncnc3cc2OC)C1. The van der Waals surface area contributed by atoms with Gasteiger partial charge in [0.2, 0.25) is 5.91 Å². The number of nitrogens with zero attached hydrogens (tertiary/aromatic N) is 3. The smallest absolute Gasteiger partial charge is 0.246 e. The summed E-state index contributed by atoms with van der Waals surface area (Å²) in [4.78, 5) is 22.2. The molecule has 1 amide bonds. The summed E-state index contributed by atoms with van der Waals surface area (Å²) in [7, 11) is 3.07. The molecule has 1 saturated heterocycles. The third kappa shape index (κ3) is 4.80. The molecule has 0 aliphatic carbocycles. The van der Waals surface area contributed by atoms with Gasteiger partial charge in [-0.3, -0.25) is 4.79 Å². The van der Waals surface area contributed by atoms with Crippen LogP contribution in [0.4, 0.5) is 20.3 Å². The van der Waals surface area contributed by atoms with E-state index in [9.17, 15) is 13.6 Å². The van der Waals surface area contributed by atoms with E-state index in [2.05, 4.69) is 21.9 Å². The standard InChI is InChI=1S/C28H24F2N4O4/c1-4-27(35)34-13-18(14-34)38-26-11-19-22(12-25(26)37-3)31-15-32-28(19)33-23-10-17(6-8-24(23)36-2)16-5-7-20(29)21(30)9-16/h4-12,15,18H,1,13-14H2,2-3H3,(H,31,32,33). The second-order valence-electron chi connectivity index (χ2n) is 8.60. The summed E-state index contributed by atoms with van der Waals surface area (Å²) in [5, 5.41) is 3.93. The monoisotopic (exact) mass is 518 g/mol. The predicted molar refractivity (Wildman–Crippen MR) is 139 cm³/mol. The first-order chi connectivity index (χ1) is 18.4. The molecule has 0 unspecified atom stereocenters. The van der Waals surface area contributed by atoms with Crippen molar-refractivity contribution in [2.24, 2.45) is 0 Å². The molecule has 0 spiro atoms. The molecule has 1 fully saturated rings. The van der Waals surface area contributed by atoms with Crippen molar-refractivity contribution in [3.05, 3.63) is 79.1 Å². The van der Waals surface area contributed by atoms with Crippen LogP contribution in [0.3, 0.4) is 0 Å². The van der Waals surface area contributed by atoms with Gasteiger partial charge in [0.15, 0.2) is 23.1 Å². The first kappa shape index (κ1) is 24.9. The molecule has 0 atom stereocenters. The molecule has 2 heterocycles. The molecule has 38 heavy (non-hydrogen) atoms. The summed E-state index contributed by atoms with van der Waals surface area (Å²) in [5.74, 6) is -0.0165. The molecule has 1 aliphatic rings. The number of nitrogens with one attached hydrogen (secondary N) is 1. The Morgan fingerprint density at radius 3 is 2.42 bits per heavy atom. The topological polar surface area (TPSA) is 85.8 Å². The summed E-state index contributed by atoms with van der Waals surface area (Å²) in [5.41, 5.74) is 2.33. The van der Waals surface area contributed by atoms with E-state index in [1.54, 1.807) is 35.2 Å². The summed E-state index contributed by atoms with van der Waals surface area (Å²) in [6.07, 6.45) is 2.50. The Hall–Kier alpha value is -4.73. The Balaban J connectivity index is 1.48. The van der Waals surface area contributed by atoms with E-state index in [0.29, 0.717) is 63.9 Å². The number of fused-ring (bicyclic) bond motifs is 1. The fourth-order valence-electron chi connectivity index (χ4n) is 4.21. The highest BCUT2D eigenvalue weighted by Gasteiger charge is 2.31. The van der Waals surface area contributed by atoms with Crippen LogP contribution >= 0.6 is 0 Å². The van der Waals surface area contributed by atoms with Crippen LogP contribution in [-0.4, -0.2) is 54.2 Å². The molecule has 0 radical (unpaired) electrons. The Morgan fingerprint density at radius 2 is 1.71 bits per heavy atom. The fourth-order valence-corrected chi connectivity index (χ4v) is 4.21. The highest BCUT2D eigenvalue weighted by molar-refractivity contribution is 5.94. The highest BCUT2D eigenvalue weighted by atomic mass is 19.2. The molecular formula is C28H24F2N4O4. The lowest BCUT2D eigenvalue weighted by molar-refractivity contribution is -0.134. The second kappa shape index (κ2) is 10.3. The molecule has 5 rings (SSSR count). The molecule has 1 aliphatic heterocycles. The van der Waals surface area contributed by atoms with Gasteiger partial charge in [-0.2, -0.15) is 0 Å². The van der Waals surface area contributed by atoms with Crippen molar-refractivity contribution in [1.82, 2.24) is 14.9 Å². The van der Waals surface area contributed by atoms with E-state index in [0.717, 1.165) is 12.1 Å². The van der Waals surface area contributed by atoms with E-state index in [1.165, 1.54) is 32.7 Å². The van der Waals surface area contributed by atoms with E-state index >= 15 is 0 Å². The van der Waals surface area contributed by atoms with Crippen molar-refractivity contribution in [3.8, 4) is 28.4 Å². The molecule has 1 N–H and O–H groups in total. The van der Waals surface area contributed by atoms with Crippen LogP contribution in [0.5, 0.6) is 17.2 Å². The zero-order valence-electron chi connectivity index (χ0n) is 20.7. The van der Waals surface area contributed by atoms with Gasteiger partial charge in [-0.05, 0) is 47.5 Å². The number of amides is 1. The third-order valence-corrected chi connectivity index (χ3v) is 6.25. The number of benzene rings is 3. The van der Waals surface area contributed by atoms with Crippen LogP contribution in [0, 0.1) is 11.6 Å². The van der Waals surface area contributed by atoms with Crippen molar-refractivity contribution in [2.75, 3.05) is 32.6 Å². The number of carbonyl (C=O) groups is 1. The fraction of sp³-hybridized carbons (Fsp3) is 0.179. The van der Waals surface area contributed by atoms with Crippen molar-refractivity contribution in [3.63, 3.8) is 0 Å². The second-order valence-corrected chi connectivity index (χ2v) is 8.60. The highest BCUT2D eigenvalue weighted by Crippen LogP contribution is 2.38. The van der Waals surface area contributed by atoms with Gasteiger partial charge in [-0.1, -0.05) is 18.7 Å². The first-order valence-electron chi connectivity index (χ1n) is 11.7. The van der Waals surface area contributed by atoms with Gasteiger partial charge >= 0.3 is 0 Å². The van der Waals surface area contributed by atoms with E-state index < -0.39 is 11.6 Å². The Labute approximate surface area is 217 Å². The van der Waals surface area contributed by atoms with Crippen LogP contribution < -0.4 is 19.5 Å². The van der Waals surface area contributed by atoms with Gasteiger partial charge in [-0.25, -0.2) is 18.7 Å². The number of hydrogen-bond donors (Lipinski definition) is 1. The average molecular weight is 519 g/mol. The largest absolute Gasteiger partial charge is 0.495 e. The number of aromatic nitrogens is 2. The lowest BCUT2D eigenvalue weighted by atomic mass is 10.0. The number of rotatable bonds is 8. The Morgan fingerprint density at radius 1 is 0.974 bits per heavy atom. The maximum Gasteiger partial charge on any atom is 0.246 e. The number of ether oxygens (including phenoxy) is 3. The van der Waals surface area contributed by atoms with Gasteiger partial charge in [0.1, 0.15) is 24.0 Å². The summed E-state index contributed by atoms with van der Waals surface area (Å²) >= 11 is 0. The zero-order valence-corrected chi connectivity index (χ0v) is 20.7. The number of likely N-dealkylation sites (tertiary alicyclic amines) is 1. The van der Waals surface area contributed by atoms with Crippen molar-refractivity contribution < 1.29 is 27.8 Å². The molecule has 0 saturated carbocycles. The normalized spacial score (nSPS) is 13.1. The van der Waals surface area contributed by atoms with Gasteiger partial charge in [0.05, 0.1) is 38.5 Å². The van der Waals surface area contributed by atoms with Crippen LogP contribution in [0.1, 0.15) is 0 Å². The van der Waals surface area contributed by atoms with Gasteiger partial charge in [0.25, 0.3) is 0 Å². The minimum Gasteiger partial charge on any atom is -0.495 e. The third-order valence-electron chi connectivity index (χ3n) is 6.25. The van der Waals surface area contributed by atoms with Gasteiger partial charge in [-0.15, -0.1) is 0 Å². The van der Waals surface area contributed by atoms with Crippen LogP contribution in [-0.2, 0) is 4.79 Å². The van der Waals surface area contributed by atoms with Crippen molar-refractivity contribution >= 4 is 28.3 Å². The molecular weight excluding hydrogens is 494 g/mol. The lowest BCUT2D eigenvalue weighted by Crippen LogP contribution is -2.55. The predicted octanol–water partition coefficient (Wildman–Crippen LogP) is 5.11. The molecule has 1 aromatic heterocycles. The zero-order chi connectivity index (χ0) is 26.8. The summed E-state index contributed by atoms with van der Waals surface area (Å²) < 4.78 is 44.5. The molecule has 0 bridgehead atoms. The number of anilines is 2. The number of carbonyl (C=O) groups excluding carboxylic acids is 1. The van der Waals surface area contributed by atoms with Gasteiger partial charge < -0.3 is 24.4 Å².